The summed E-state index contributed by atoms with van der Waals surface area (Å²) in [6, 6.07) is 38.9. The Morgan fingerprint density at radius 3 is 0.802 bits per heavy atom. The molecule has 25 heteroatoms. The van der Waals surface area contributed by atoms with E-state index in [0.29, 0.717) is 12.8 Å². The first-order chi connectivity index (χ1) is 46.3. The molecule has 1 saturated heterocycles. The summed E-state index contributed by atoms with van der Waals surface area (Å²) in [6.45, 7) is 56.5. The van der Waals surface area contributed by atoms with Crippen LogP contribution in [0.4, 0.5) is 0 Å². The molecule has 0 aliphatic carbocycles. The minimum Gasteiger partial charge on any atom is -0.394 e. The fourth-order valence-corrected chi connectivity index (χ4v) is 5.54. The quantitative estimate of drug-likeness (QED) is 0.0627. The number of likely N-dealkylation sites (N-methyl/N-ethyl adjacent to an activating group) is 1. The number of hydrogen-bond donors (Lipinski definition) is 11. The number of likely N-dealkylation sites (tertiary alicyclic amines) is 1. The minimum absolute atomic E-state index is 0. The highest BCUT2D eigenvalue weighted by atomic mass is 16.3. The van der Waals surface area contributed by atoms with Crippen LogP contribution in [0.15, 0.2) is 121 Å². The van der Waals surface area contributed by atoms with Gasteiger partial charge in [0.15, 0.2) is 0 Å². The molecule has 0 radical (unpaired) electrons. The van der Waals surface area contributed by atoms with Crippen molar-refractivity contribution in [3.63, 3.8) is 0 Å². The molecule has 0 spiro atoms. The number of aryl methyl sites for hydroxylation is 2. The summed E-state index contributed by atoms with van der Waals surface area (Å²) in [4.78, 5) is 114. The maximum Gasteiger partial charge on any atom is 0.245 e. The molecule has 1 aliphatic heterocycles. The zero-order valence-electron chi connectivity index (χ0n) is 68.2. The summed E-state index contributed by atoms with van der Waals surface area (Å²) in [5.41, 5.74) is 22.8. The number of nitrogens with zero attached hydrogens (tertiary/aromatic N) is 2. The number of piperidine rings is 1. The lowest BCUT2D eigenvalue weighted by Crippen LogP contribution is -2.56. The third-order valence-corrected chi connectivity index (χ3v) is 10.2. The number of nitrogens with two attached hydrogens (primary N) is 4. The second-order valence-electron chi connectivity index (χ2n) is 18.6. The Morgan fingerprint density at radius 2 is 0.624 bits per heavy atom. The number of nitrogens with one attached hydrogen (secondary N) is 1. The maximum absolute atomic E-state index is 13.4. The van der Waals surface area contributed by atoms with E-state index in [2.05, 4.69) is 153 Å². The van der Waals surface area contributed by atoms with Gasteiger partial charge < -0.3 is 117 Å². The first kappa shape index (κ1) is 156. The minimum atomic E-state index is -0.692. The fourth-order valence-electron chi connectivity index (χ4n) is 5.54. The van der Waals surface area contributed by atoms with Crippen LogP contribution < -0.4 is 59.0 Å². The second kappa shape index (κ2) is 160. The van der Waals surface area contributed by atoms with Crippen molar-refractivity contribution in [3.8, 4) is 0 Å². The van der Waals surface area contributed by atoms with Crippen molar-refractivity contribution in [2.75, 3.05) is 48.3 Å². The number of hydrogen-bond acceptors (Lipinski definition) is 22. The molecule has 5 rings (SSSR count). The molecule has 0 bridgehead atoms. The van der Waals surface area contributed by atoms with Crippen molar-refractivity contribution in [1.29, 1.82) is 0 Å². The lowest BCUT2D eigenvalue weighted by atomic mass is 10.0. The Bertz CT molecular complexity index is 1840. The number of carbonyl (C=O) groups is 12. The van der Waals surface area contributed by atoms with Gasteiger partial charge in [-0.15, -0.1) is 0 Å². The van der Waals surface area contributed by atoms with Crippen LogP contribution in [0.25, 0.3) is 0 Å². The number of amides is 3. The second-order valence-corrected chi connectivity index (χ2v) is 18.6. The van der Waals surface area contributed by atoms with Crippen LogP contribution in [-0.4, -0.2) is 160 Å². The van der Waals surface area contributed by atoms with E-state index in [1.165, 1.54) is 64.0 Å². The highest BCUT2D eigenvalue weighted by Gasteiger charge is 2.32. The summed E-state index contributed by atoms with van der Waals surface area (Å²) in [7, 11) is 7.63. The number of aliphatic hydroxyl groups is 1. The van der Waals surface area contributed by atoms with E-state index >= 15 is 0 Å². The third-order valence-electron chi connectivity index (χ3n) is 10.2. The largest absolute Gasteiger partial charge is 0.394 e. The van der Waals surface area contributed by atoms with Gasteiger partial charge in [-0.25, -0.2) is 0 Å². The Labute approximate surface area is 618 Å². The fraction of sp³-hybridized carbons (Fsp3) is 0.526. The first-order valence-electron chi connectivity index (χ1n) is 31.9. The predicted octanol–water partition coefficient (Wildman–Crippen LogP) is 13.0. The summed E-state index contributed by atoms with van der Waals surface area (Å²) in [5, 5.41) is 11.1. The molecule has 602 valence electrons. The van der Waals surface area contributed by atoms with Crippen LogP contribution >= 0.6 is 0 Å². The Morgan fingerprint density at radius 1 is 0.426 bits per heavy atom. The molecule has 0 aromatic heterocycles. The normalized spacial score (nSPS) is 8.73. The Hall–Kier alpha value is -8.08. The van der Waals surface area contributed by atoms with E-state index < -0.39 is 12.1 Å². The average molecular weight is 1450 g/mol. The zero-order chi connectivity index (χ0) is 80.3. The maximum atomic E-state index is 13.4. The van der Waals surface area contributed by atoms with Gasteiger partial charge in [-0.2, -0.15) is 0 Å². The van der Waals surface area contributed by atoms with E-state index in [4.69, 9.17) is 48.3 Å². The molecular formula is C76H160N12O13. The lowest BCUT2D eigenvalue weighted by molar-refractivity contribution is -0.141. The van der Waals surface area contributed by atoms with Gasteiger partial charge in [0.2, 0.25) is 17.7 Å². The average Bonchev–Trinajstić information content (AvgIpc) is 0.845. The molecule has 1 unspecified atom stereocenters. The van der Waals surface area contributed by atoms with E-state index in [0.717, 1.165) is 74.1 Å². The Balaban J connectivity index is -0.0000000380. The lowest BCUT2D eigenvalue weighted by Gasteiger charge is -2.33. The molecular weight excluding hydrogens is 1290 g/mol. The standard InChI is InChI=1S/C26H33N3O3.2C8H10.2C5H12.C4H10.C3H8O.2C2H6.4CH5N.9CH2O.5H3N/c1-20(30)28(2)24(19-22-14-8-4-9-15-22)25(31)27-23(18-21-12-6-3-7-13-21)26(32)29-16-10-5-11-17-29;2*1-2-8-6-4-3-5-7-8;2*1-4-5(2)3;1-4(2)3;1-3(2)4;15*1-2;;;;;/h3-4,6-9,12-15,23-24H,5,10-11,16-19H2,1-2H3,(H,27,31);2*3-7H,2H2,1H3;2*5H,4H2,1-3H3;4H,1-3H3;3-4H,1-2H3;2*1-2H3;4*2H2,1H3;9*1H2;5*1H3/t23?,24-;;;;;;;;;;;;;;;;;;;;;;;;;;/m0........................../s1. The molecule has 101 heavy (non-hydrogen) atoms. The number of carbonyl (C=O) groups excluding carboxylic acids is 12. The van der Waals surface area contributed by atoms with Gasteiger partial charge in [0.05, 0.1) is 0 Å². The predicted molar refractivity (Wildman–Crippen MR) is 437 cm³/mol. The molecule has 3 amide bonds. The summed E-state index contributed by atoms with van der Waals surface area (Å²) in [6.07, 6.45) is 8.63. The summed E-state index contributed by atoms with van der Waals surface area (Å²) < 4.78 is 0. The number of benzene rings is 4. The molecule has 4 aromatic carbocycles. The van der Waals surface area contributed by atoms with Gasteiger partial charge in [-0.1, -0.05) is 238 Å². The highest BCUT2D eigenvalue weighted by Crippen LogP contribution is 2.15. The van der Waals surface area contributed by atoms with Crippen LogP contribution in [0.3, 0.4) is 0 Å². The summed E-state index contributed by atoms with van der Waals surface area (Å²) in [5.74, 6) is 2.05. The van der Waals surface area contributed by atoms with Crippen LogP contribution in [0.5, 0.6) is 0 Å². The van der Waals surface area contributed by atoms with E-state index in [1.54, 1.807) is 20.9 Å². The van der Waals surface area contributed by atoms with Crippen molar-refractivity contribution in [2.24, 2.45) is 40.7 Å². The monoisotopic (exact) mass is 1450 g/mol. The number of rotatable bonds is 12. The molecule has 4 aromatic rings. The van der Waals surface area contributed by atoms with Gasteiger partial charge in [0.25, 0.3) is 0 Å². The van der Waals surface area contributed by atoms with E-state index in [1.807, 2.05) is 166 Å². The SMILES string of the molecule is C=O.C=O.C=O.C=O.C=O.C=O.C=O.C=O.C=O.CC.CC.CC(=O)N(C)[C@@H](Cc1ccccc1)C(=O)NC(Cc1ccccc1)C(=O)N1CCCCC1.CC(C)C.CC(C)O.CCC(C)C.CCC(C)C.CCc1ccccc1.CCc1ccccc1.CN.CN.CN.CN.N.N.N.N.N. The van der Waals surface area contributed by atoms with Gasteiger partial charge in [0.1, 0.15) is 73.2 Å². The molecule has 1 heterocycles. The van der Waals surface area contributed by atoms with Gasteiger partial charge in [-0.3, -0.25) is 14.4 Å². The highest BCUT2D eigenvalue weighted by molar-refractivity contribution is 5.92. The molecule has 2 atom stereocenters. The van der Waals surface area contributed by atoms with E-state index in [9.17, 15) is 14.4 Å². The third kappa shape index (κ3) is 144. The van der Waals surface area contributed by atoms with Crippen LogP contribution in [0.2, 0.25) is 0 Å². The van der Waals surface area contributed by atoms with Gasteiger partial charge in [-0.05, 0) is 114 Å². The van der Waals surface area contributed by atoms with Crippen LogP contribution in [0, 0.1) is 17.8 Å². The van der Waals surface area contributed by atoms with Crippen molar-refractivity contribution >= 4 is 78.8 Å². The molecule has 25 nitrogen and oxygen atoms in total. The van der Waals surface area contributed by atoms with E-state index in [-0.39, 0.29) is 54.6 Å². The summed E-state index contributed by atoms with van der Waals surface area (Å²) >= 11 is 0. The van der Waals surface area contributed by atoms with Crippen molar-refractivity contribution in [3.05, 3.63) is 144 Å². The Kier molecular flexibility index (Phi) is 247. The van der Waals surface area contributed by atoms with Crippen molar-refractivity contribution < 1.29 is 62.6 Å². The molecule has 0 saturated carbocycles. The zero-order valence-corrected chi connectivity index (χ0v) is 68.2. The van der Waals surface area contributed by atoms with Crippen molar-refractivity contribution in [1.82, 2.24) is 45.9 Å². The van der Waals surface area contributed by atoms with Crippen molar-refractivity contribution in [2.45, 2.75) is 201 Å². The van der Waals surface area contributed by atoms with Crippen LogP contribution in [0.1, 0.15) is 179 Å². The topological polar surface area (TPSA) is 523 Å². The first-order valence-corrected chi connectivity index (χ1v) is 31.9. The van der Waals surface area contributed by atoms with Gasteiger partial charge in [0, 0.05) is 46.0 Å². The molecule has 1 aliphatic rings. The van der Waals surface area contributed by atoms with Crippen LogP contribution in [-0.2, 0) is 83.2 Å². The van der Waals surface area contributed by atoms with Gasteiger partial charge >= 0.3 is 0 Å². The molecule has 1 fully saturated rings. The molecule has 25 N–H and O–H groups in total. The number of aliphatic hydroxyl groups excluding tert-OH is 1. The smallest absolute Gasteiger partial charge is 0.245 e.